The number of nitrogens with one attached hydrogen (secondary N) is 1. The first-order valence-electron chi connectivity index (χ1n) is 8.49. The van der Waals surface area contributed by atoms with E-state index < -0.39 is 0 Å². The van der Waals surface area contributed by atoms with Crippen LogP contribution in [0.4, 0.5) is 4.79 Å². The largest absolute Gasteiger partial charge is 0.395 e. The number of benzene rings is 2. The fraction of sp³-hybridized carbons (Fsp3) is 0.350. The highest BCUT2D eigenvalue weighted by Gasteiger charge is 2.15. The maximum absolute atomic E-state index is 12.1. The third-order valence-electron chi connectivity index (χ3n) is 4.15. The number of rotatable bonds is 8. The van der Waals surface area contributed by atoms with Crippen LogP contribution in [0.3, 0.4) is 0 Å². The Bertz CT molecular complexity index is 562. The second kappa shape index (κ2) is 9.73. The zero-order chi connectivity index (χ0) is 17.2. The molecule has 0 aromatic heterocycles. The van der Waals surface area contributed by atoms with Gasteiger partial charge in [-0.3, -0.25) is 0 Å². The summed E-state index contributed by atoms with van der Waals surface area (Å²) in [4.78, 5) is 13.7. The second-order valence-corrected chi connectivity index (χ2v) is 5.70. The van der Waals surface area contributed by atoms with Gasteiger partial charge in [0.1, 0.15) is 0 Å². The molecule has 0 unspecified atom stereocenters. The number of hydrogen-bond acceptors (Lipinski definition) is 2. The van der Waals surface area contributed by atoms with E-state index in [-0.39, 0.29) is 18.6 Å². The fourth-order valence-corrected chi connectivity index (χ4v) is 2.86. The number of carbonyl (C=O) groups is 1. The van der Waals surface area contributed by atoms with Crippen molar-refractivity contribution >= 4 is 6.03 Å². The highest BCUT2D eigenvalue weighted by Crippen LogP contribution is 2.27. The standard InChI is InChI=1S/C20H26N2O2/c1-2-22(15-16-23)20(24)21-14-13-19(17-9-5-3-6-10-17)18-11-7-4-8-12-18/h3-12,19,23H,2,13-16H2,1H3,(H,21,24). The van der Waals surface area contributed by atoms with E-state index in [1.165, 1.54) is 11.1 Å². The van der Waals surface area contributed by atoms with Crippen LogP contribution in [0.15, 0.2) is 60.7 Å². The number of nitrogens with zero attached hydrogens (tertiary/aromatic N) is 1. The summed E-state index contributed by atoms with van der Waals surface area (Å²) in [5.74, 6) is 0.251. The van der Waals surface area contributed by atoms with E-state index >= 15 is 0 Å². The molecule has 2 N–H and O–H groups in total. The number of likely N-dealkylation sites (N-methyl/N-ethyl adjacent to an activating group) is 1. The van der Waals surface area contributed by atoms with Crippen molar-refractivity contribution in [2.45, 2.75) is 19.3 Å². The quantitative estimate of drug-likeness (QED) is 0.782. The summed E-state index contributed by atoms with van der Waals surface area (Å²) in [5.41, 5.74) is 2.50. The SMILES string of the molecule is CCN(CCO)C(=O)NCCC(c1ccccc1)c1ccccc1. The van der Waals surface area contributed by atoms with Gasteiger partial charge in [0.15, 0.2) is 0 Å². The van der Waals surface area contributed by atoms with Crippen molar-refractivity contribution in [3.8, 4) is 0 Å². The molecule has 0 heterocycles. The zero-order valence-electron chi connectivity index (χ0n) is 14.2. The summed E-state index contributed by atoms with van der Waals surface area (Å²) in [6.07, 6.45) is 0.830. The van der Waals surface area contributed by atoms with Crippen LogP contribution in [0.5, 0.6) is 0 Å². The average molecular weight is 326 g/mol. The van der Waals surface area contributed by atoms with E-state index in [2.05, 4.69) is 29.6 Å². The normalized spacial score (nSPS) is 10.6. The average Bonchev–Trinajstić information content (AvgIpc) is 2.64. The molecule has 0 bridgehead atoms. The van der Waals surface area contributed by atoms with Crippen molar-refractivity contribution in [2.24, 2.45) is 0 Å². The lowest BCUT2D eigenvalue weighted by atomic mass is 9.88. The molecule has 4 heteroatoms. The van der Waals surface area contributed by atoms with Crippen molar-refractivity contribution in [3.05, 3.63) is 71.8 Å². The monoisotopic (exact) mass is 326 g/mol. The van der Waals surface area contributed by atoms with Gasteiger partial charge in [-0.25, -0.2) is 4.79 Å². The summed E-state index contributed by atoms with van der Waals surface area (Å²) < 4.78 is 0. The molecule has 2 rings (SSSR count). The van der Waals surface area contributed by atoms with E-state index in [1.807, 2.05) is 43.3 Å². The van der Waals surface area contributed by atoms with Gasteiger partial charge in [-0.05, 0) is 24.5 Å². The molecule has 0 aliphatic rings. The Labute approximate surface area is 144 Å². The first kappa shape index (κ1) is 18.0. The lowest BCUT2D eigenvalue weighted by Gasteiger charge is -2.22. The van der Waals surface area contributed by atoms with Gasteiger partial charge in [0.05, 0.1) is 6.61 Å². The minimum Gasteiger partial charge on any atom is -0.395 e. The smallest absolute Gasteiger partial charge is 0.317 e. The Morgan fingerprint density at radius 2 is 1.58 bits per heavy atom. The molecule has 0 fully saturated rings. The van der Waals surface area contributed by atoms with Crippen LogP contribution in [0, 0.1) is 0 Å². The molecule has 0 atom stereocenters. The summed E-state index contributed by atoms with van der Waals surface area (Å²) in [7, 11) is 0. The number of aliphatic hydroxyl groups is 1. The van der Waals surface area contributed by atoms with E-state index in [9.17, 15) is 4.79 Å². The first-order chi connectivity index (χ1) is 11.8. The van der Waals surface area contributed by atoms with Crippen molar-refractivity contribution < 1.29 is 9.90 Å². The number of amides is 2. The van der Waals surface area contributed by atoms with Crippen molar-refractivity contribution in [1.82, 2.24) is 10.2 Å². The van der Waals surface area contributed by atoms with Crippen molar-refractivity contribution in [2.75, 3.05) is 26.2 Å². The van der Waals surface area contributed by atoms with Crippen LogP contribution < -0.4 is 5.32 Å². The maximum atomic E-state index is 12.1. The third kappa shape index (κ3) is 5.10. The molecular formula is C20H26N2O2. The van der Waals surface area contributed by atoms with Gasteiger partial charge in [0, 0.05) is 25.6 Å². The Kier molecular flexibility index (Phi) is 7.30. The summed E-state index contributed by atoms with van der Waals surface area (Å²) in [5, 5.41) is 12.0. The first-order valence-corrected chi connectivity index (χ1v) is 8.49. The Morgan fingerprint density at radius 3 is 2.04 bits per heavy atom. The number of aliphatic hydroxyl groups excluding tert-OH is 1. The predicted molar refractivity (Wildman–Crippen MR) is 97.1 cm³/mol. The number of hydrogen-bond donors (Lipinski definition) is 2. The molecule has 0 radical (unpaired) electrons. The molecule has 0 aliphatic heterocycles. The minimum absolute atomic E-state index is 0.0160. The van der Waals surface area contributed by atoms with Crippen LogP contribution in [-0.2, 0) is 0 Å². The Morgan fingerprint density at radius 1 is 1.04 bits per heavy atom. The molecule has 24 heavy (non-hydrogen) atoms. The molecular weight excluding hydrogens is 300 g/mol. The summed E-state index contributed by atoms with van der Waals surface area (Å²) >= 11 is 0. The maximum Gasteiger partial charge on any atom is 0.317 e. The zero-order valence-corrected chi connectivity index (χ0v) is 14.2. The van der Waals surface area contributed by atoms with Crippen LogP contribution in [0.2, 0.25) is 0 Å². The molecule has 4 nitrogen and oxygen atoms in total. The summed E-state index contributed by atoms with van der Waals surface area (Å²) in [6.45, 7) is 3.44. The van der Waals surface area contributed by atoms with Gasteiger partial charge in [-0.1, -0.05) is 60.7 Å². The topological polar surface area (TPSA) is 52.6 Å². The number of urea groups is 1. The highest BCUT2D eigenvalue weighted by atomic mass is 16.3. The molecule has 0 spiro atoms. The van der Waals surface area contributed by atoms with E-state index in [0.29, 0.717) is 19.6 Å². The highest BCUT2D eigenvalue weighted by molar-refractivity contribution is 5.74. The molecule has 128 valence electrons. The number of carbonyl (C=O) groups excluding carboxylic acids is 1. The lowest BCUT2D eigenvalue weighted by Crippen LogP contribution is -2.41. The molecule has 0 saturated heterocycles. The Balaban J connectivity index is 2.01. The van der Waals surface area contributed by atoms with E-state index in [0.717, 1.165) is 6.42 Å². The van der Waals surface area contributed by atoms with E-state index in [4.69, 9.17) is 5.11 Å². The summed E-state index contributed by atoms with van der Waals surface area (Å²) in [6, 6.07) is 20.6. The molecule has 0 aliphatic carbocycles. The van der Waals surface area contributed by atoms with Crippen LogP contribution >= 0.6 is 0 Å². The van der Waals surface area contributed by atoms with Crippen molar-refractivity contribution in [3.63, 3.8) is 0 Å². The van der Waals surface area contributed by atoms with Gasteiger partial charge in [-0.2, -0.15) is 0 Å². The van der Waals surface area contributed by atoms with E-state index in [1.54, 1.807) is 4.90 Å². The van der Waals surface area contributed by atoms with Gasteiger partial charge < -0.3 is 15.3 Å². The van der Waals surface area contributed by atoms with Gasteiger partial charge in [0.2, 0.25) is 0 Å². The van der Waals surface area contributed by atoms with Crippen LogP contribution in [0.25, 0.3) is 0 Å². The molecule has 2 aromatic rings. The van der Waals surface area contributed by atoms with Crippen LogP contribution in [-0.4, -0.2) is 42.3 Å². The Hall–Kier alpha value is -2.33. The third-order valence-corrected chi connectivity index (χ3v) is 4.15. The second-order valence-electron chi connectivity index (χ2n) is 5.70. The van der Waals surface area contributed by atoms with Gasteiger partial charge in [0.25, 0.3) is 0 Å². The van der Waals surface area contributed by atoms with Gasteiger partial charge >= 0.3 is 6.03 Å². The predicted octanol–water partition coefficient (Wildman–Crippen LogP) is 3.23. The van der Waals surface area contributed by atoms with Gasteiger partial charge in [-0.15, -0.1) is 0 Å². The molecule has 0 saturated carbocycles. The fourth-order valence-electron chi connectivity index (χ4n) is 2.86. The molecule has 2 amide bonds. The lowest BCUT2D eigenvalue weighted by molar-refractivity contribution is 0.180. The van der Waals surface area contributed by atoms with Crippen LogP contribution in [0.1, 0.15) is 30.4 Å². The molecule has 2 aromatic carbocycles. The minimum atomic E-state index is -0.119. The van der Waals surface area contributed by atoms with Crippen molar-refractivity contribution in [1.29, 1.82) is 0 Å².